The van der Waals surface area contributed by atoms with E-state index in [1.54, 1.807) is 0 Å². The second kappa shape index (κ2) is 5.25. The fraction of sp³-hybridized carbons (Fsp3) is 0.667. The highest BCUT2D eigenvalue weighted by Crippen LogP contribution is 2.23. The third-order valence-electron chi connectivity index (χ3n) is 3.19. The van der Waals surface area contributed by atoms with Crippen LogP contribution in [0.15, 0.2) is 12.4 Å². The van der Waals surface area contributed by atoms with E-state index in [0.29, 0.717) is 6.54 Å². The van der Waals surface area contributed by atoms with E-state index in [0.717, 1.165) is 30.5 Å². The molecule has 1 fully saturated rings. The highest BCUT2D eigenvalue weighted by molar-refractivity contribution is 5.31. The molecule has 1 aliphatic heterocycles. The predicted molar refractivity (Wildman–Crippen MR) is 65.2 cm³/mol. The highest BCUT2D eigenvalue weighted by Gasteiger charge is 2.23. The van der Waals surface area contributed by atoms with Crippen molar-refractivity contribution in [1.82, 2.24) is 9.97 Å². The Balaban J connectivity index is 1.97. The summed E-state index contributed by atoms with van der Waals surface area (Å²) in [5.74, 6) is 1.68. The Morgan fingerprint density at radius 2 is 2.19 bits per heavy atom. The number of nitrogens with two attached hydrogens (primary N) is 1. The van der Waals surface area contributed by atoms with E-state index in [-0.39, 0.29) is 0 Å². The lowest BCUT2D eigenvalue weighted by Crippen LogP contribution is -2.22. The Bertz CT molecular complexity index is 322. The van der Waals surface area contributed by atoms with Crippen LogP contribution in [0.1, 0.15) is 31.7 Å². The van der Waals surface area contributed by atoms with E-state index in [4.69, 9.17) is 5.73 Å². The van der Waals surface area contributed by atoms with Crippen molar-refractivity contribution in [3.05, 3.63) is 18.0 Å². The maximum atomic E-state index is 5.52. The van der Waals surface area contributed by atoms with Gasteiger partial charge in [0.1, 0.15) is 0 Å². The van der Waals surface area contributed by atoms with Crippen LogP contribution in [0, 0.1) is 5.92 Å². The summed E-state index contributed by atoms with van der Waals surface area (Å²) in [5.41, 5.74) is 6.51. The molecule has 0 bridgehead atoms. The van der Waals surface area contributed by atoms with Crippen LogP contribution in [-0.2, 0) is 6.54 Å². The van der Waals surface area contributed by atoms with Crippen LogP contribution in [0.2, 0.25) is 0 Å². The Morgan fingerprint density at radius 1 is 1.44 bits per heavy atom. The molecule has 1 aliphatic rings. The van der Waals surface area contributed by atoms with Crippen molar-refractivity contribution in [1.29, 1.82) is 0 Å². The molecule has 88 valence electrons. The molecule has 0 aromatic carbocycles. The first-order valence-corrected chi connectivity index (χ1v) is 6.09. The zero-order valence-electron chi connectivity index (χ0n) is 9.89. The van der Waals surface area contributed by atoms with Crippen LogP contribution >= 0.6 is 0 Å². The summed E-state index contributed by atoms with van der Waals surface area (Å²) in [5, 5.41) is 0. The van der Waals surface area contributed by atoms with Crippen LogP contribution in [0.3, 0.4) is 0 Å². The number of rotatable bonds is 4. The van der Waals surface area contributed by atoms with Crippen molar-refractivity contribution in [3.8, 4) is 0 Å². The Kier molecular flexibility index (Phi) is 3.72. The predicted octanol–water partition coefficient (Wildman–Crippen LogP) is 1.56. The van der Waals surface area contributed by atoms with Gasteiger partial charge in [0.2, 0.25) is 5.95 Å². The smallest absolute Gasteiger partial charge is 0.225 e. The lowest BCUT2D eigenvalue weighted by Gasteiger charge is -2.16. The van der Waals surface area contributed by atoms with Gasteiger partial charge in [-0.1, -0.05) is 13.3 Å². The Hall–Kier alpha value is -1.16. The quantitative estimate of drug-likeness (QED) is 0.836. The molecule has 1 aromatic rings. The van der Waals surface area contributed by atoms with Gasteiger partial charge < -0.3 is 10.6 Å². The van der Waals surface area contributed by atoms with Crippen LogP contribution in [0.5, 0.6) is 0 Å². The van der Waals surface area contributed by atoms with Gasteiger partial charge >= 0.3 is 0 Å². The van der Waals surface area contributed by atoms with Crippen molar-refractivity contribution >= 4 is 5.95 Å². The molecule has 0 aliphatic carbocycles. The van der Waals surface area contributed by atoms with Crippen LogP contribution in [0.4, 0.5) is 5.95 Å². The summed E-state index contributed by atoms with van der Waals surface area (Å²) in [6, 6.07) is 0. The van der Waals surface area contributed by atoms with Gasteiger partial charge in [-0.25, -0.2) is 9.97 Å². The lowest BCUT2D eigenvalue weighted by molar-refractivity contribution is 0.529. The maximum Gasteiger partial charge on any atom is 0.225 e. The number of anilines is 1. The molecular weight excluding hydrogens is 200 g/mol. The molecule has 2 rings (SSSR count). The number of nitrogens with zero attached hydrogens (tertiary/aromatic N) is 3. The molecule has 2 heterocycles. The fourth-order valence-electron chi connectivity index (χ4n) is 2.27. The molecule has 1 saturated heterocycles. The van der Waals surface area contributed by atoms with E-state index >= 15 is 0 Å². The summed E-state index contributed by atoms with van der Waals surface area (Å²) >= 11 is 0. The molecule has 16 heavy (non-hydrogen) atoms. The second-order valence-electron chi connectivity index (χ2n) is 4.48. The average molecular weight is 220 g/mol. The van der Waals surface area contributed by atoms with Gasteiger partial charge in [0.05, 0.1) is 0 Å². The monoisotopic (exact) mass is 220 g/mol. The average Bonchev–Trinajstić information content (AvgIpc) is 2.78. The Labute approximate surface area is 96.9 Å². The van der Waals surface area contributed by atoms with E-state index < -0.39 is 0 Å². The maximum absolute atomic E-state index is 5.52. The van der Waals surface area contributed by atoms with Gasteiger partial charge in [-0.2, -0.15) is 0 Å². The van der Waals surface area contributed by atoms with Gasteiger partial charge in [-0.05, 0) is 18.8 Å². The number of hydrogen-bond acceptors (Lipinski definition) is 4. The molecule has 1 unspecified atom stereocenters. The van der Waals surface area contributed by atoms with Gasteiger partial charge in [-0.15, -0.1) is 0 Å². The minimum absolute atomic E-state index is 0.513. The third-order valence-corrected chi connectivity index (χ3v) is 3.19. The topological polar surface area (TPSA) is 55.0 Å². The van der Waals surface area contributed by atoms with E-state index in [2.05, 4.69) is 21.8 Å². The first-order chi connectivity index (χ1) is 7.83. The standard InChI is InChI=1S/C12H20N4/c1-2-3-10-4-5-16(9-10)12-14-7-11(6-13)8-15-12/h7-8,10H,2-6,9,13H2,1H3. The molecule has 1 aromatic heterocycles. The van der Waals surface area contributed by atoms with E-state index in [1.165, 1.54) is 19.3 Å². The molecule has 0 radical (unpaired) electrons. The molecule has 2 N–H and O–H groups in total. The number of hydrogen-bond donors (Lipinski definition) is 1. The molecule has 1 atom stereocenters. The van der Waals surface area contributed by atoms with Crippen LogP contribution < -0.4 is 10.6 Å². The molecule has 0 amide bonds. The van der Waals surface area contributed by atoms with Crippen LogP contribution in [-0.4, -0.2) is 23.1 Å². The van der Waals surface area contributed by atoms with Crippen molar-refractivity contribution in [2.45, 2.75) is 32.7 Å². The van der Waals surface area contributed by atoms with Crippen molar-refractivity contribution in [3.63, 3.8) is 0 Å². The summed E-state index contributed by atoms with van der Waals surface area (Å²) in [6.07, 6.45) is 7.52. The molecular formula is C12H20N4. The van der Waals surface area contributed by atoms with Gasteiger partial charge in [-0.3, -0.25) is 0 Å². The van der Waals surface area contributed by atoms with Crippen LogP contribution in [0.25, 0.3) is 0 Å². The summed E-state index contributed by atoms with van der Waals surface area (Å²) in [7, 11) is 0. The van der Waals surface area contributed by atoms with Gasteiger partial charge in [0.15, 0.2) is 0 Å². The number of aromatic nitrogens is 2. The zero-order valence-corrected chi connectivity index (χ0v) is 9.89. The Morgan fingerprint density at radius 3 is 2.81 bits per heavy atom. The highest BCUT2D eigenvalue weighted by atomic mass is 15.3. The fourth-order valence-corrected chi connectivity index (χ4v) is 2.27. The van der Waals surface area contributed by atoms with Gasteiger partial charge in [0.25, 0.3) is 0 Å². The van der Waals surface area contributed by atoms with Crippen molar-refractivity contribution in [2.24, 2.45) is 11.7 Å². The normalized spacial score (nSPS) is 20.4. The van der Waals surface area contributed by atoms with Crippen molar-refractivity contribution < 1.29 is 0 Å². The first kappa shape index (κ1) is 11.3. The summed E-state index contributed by atoms with van der Waals surface area (Å²) in [4.78, 5) is 11.0. The zero-order chi connectivity index (χ0) is 11.4. The largest absolute Gasteiger partial charge is 0.341 e. The second-order valence-corrected chi connectivity index (χ2v) is 4.48. The molecule has 0 spiro atoms. The van der Waals surface area contributed by atoms with E-state index in [9.17, 15) is 0 Å². The SMILES string of the molecule is CCCC1CCN(c2ncc(CN)cn2)C1. The minimum atomic E-state index is 0.513. The van der Waals surface area contributed by atoms with Crippen molar-refractivity contribution in [2.75, 3.05) is 18.0 Å². The van der Waals surface area contributed by atoms with Gasteiger partial charge in [0, 0.05) is 37.6 Å². The molecule has 0 saturated carbocycles. The summed E-state index contributed by atoms with van der Waals surface area (Å²) < 4.78 is 0. The minimum Gasteiger partial charge on any atom is -0.341 e. The summed E-state index contributed by atoms with van der Waals surface area (Å²) in [6.45, 7) is 4.95. The first-order valence-electron chi connectivity index (χ1n) is 6.09. The lowest BCUT2D eigenvalue weighted by atomic mass is 10.0. The molecule has 4 nitrogen and oxygen atoms in total. The third kappa shape index (κ3) is 2.50. The molecule has 4 heteroatoms. The van der Waals surface area contributed by atoms with E-state index in [1.807, 2.05) is 12.4 Å².